The molecule has 0 aliphatic carbocycles. The van der Waals surface area contributed by atoms with Crippen molar-refractivity contribution in [2.45, 2.75) is 6.61 Å². The lowest BCUT2D eigenvalue weighted by molar-refractivity contribution is -0.118. The average Bonchev–Trinajstić information content (AvgIpc) is 3.19. The second kappa shape index (κ2) is 8.52. The van der Waals surface area contributed by atoms with Gasteiger partial charge in [0, 0.05) is 0 Å². The van der Waals surface area contributed by atoms with Crippen molar-refractivity contribution in [2.75, 3.05) is 11.9 Å². The lowest BCUT2D eigenvalue weighted by Gasteiger charge is -2.12. The Morgan fingerprint density at radius 1 is 1.07 bits per heavy atom. The number of ether oxygens (including phenoxy) is 2. The molecule has 0 unspecified atom stereocenters. The van der Waals surface area contributed by atoms with E-state index in [1.54, 1.807) is 16.9 Å². The van der Waals surface area contributed by atoms with Crippen molar-refractivity contribution in [2.24, 2.45) is 0 Å². The molecule has 0 radical (unpaired) electrons. The summed E-state index contributed by atoms with van der Waals surface area (Å²) in [6.07, 6.45) is 2.85. The van der Waals surface area contributed by atoms with Crippen molar-refractivity contribution in [3.8, 4) is 17.3 Å². The number of para-hydroxylation sites is 3. The lowest BCUT2D eigenvalue weighted by Crippen LogP contribution is -2.21. The van der Waals surface area contributed by atoms with Crippen LogP contribution in [0.4, 0.5) is 14.5 Å². The Bertz CT molecular complexity index is 1170. The zero-order chi connectivity index (χ0) is 20.9. The SMILES string of the molecule is O=C(COc1ncnc2c1cnn2-c1ccccc1)Nc1ccccc1OC(F)F. The Hall–Kier alpha value is -4.08. The van der Waals surface area contributed by atoms with Gasteiger partial charge in [0.1, 0.15) is 17.5 Å². The number of nitrogens with one attached hydrogen (secondary N) is 1. The number of hydrogen-bond donors (Lipinski definition) is 1. The third kappa shape index (κ3) is 4.17. The minimum Gasteiger partial charge on any atom is -0.467 e. The molecule has 152 valence electrons. The van der Waals surface area contributed by atoms with Gasteiger partial charge >= 0.3 is 6.61 Å². The molecule has 1 N–H and O–H groups in total. The maximum atomic E-state index is 12.5. The van der Waals surface area contributed by atoms with E-state index in [0.29, 0.717) is 11.0 Å². The lowest BCUT2D eigenvalue weighted by atomic mass is 10.3. The summed E-state index contributed by atoms with van der Waals surface area (Å²) in [7, 11) is 0. The molecule has 0 aliphatic rings. The normalized spacial score (nSPS) is 10.9. The van der Waals surface area contributed by atoms with E-state index in [1.165, 1.54) is 24.5 Å². The Morgan fingerprint density at radius 3 is 2.63 bits per heavy atom. The smallest absolute Gasteiger partial charge is 0.387 e. The van der Waals surface area contributed by atoms with Gasteiger partial charge in [0.2, 0.25) is 5.88 Å². The topological polar surface area (TPSA) is 91.2 Å². The number of benzene rings is 2. The molecule has 2 aromatic carbocycles. The summed E-state index contributed by atoms with van der Waals surface area (Å²) in [6, 6.07) is 15.3. The summed E-state index contributed by atoms with van der Waals surface area (Å²) in [5.41, 5.74) is 1.43. The highest BCUT2D eigenvalue weighted by Crippen LogP contribution is 2.26. The molecular formula is C20H15F2N5O3. The molecule has 8 nitrogen and oxygen atoms in total. The third-order valence-corrected chi connectivity index (χ3v) is 4.05. The van der Waals surface area contributed by atoms with Gasteiger partial charge in [-0.25, -0.2) is 14.6 Å². The van der Waals surface area contributed by atoms with Gasteiger partial charge in [0.15, 0.2) is 12.3 Å². The molecule has 0 saturated carbocycles. The van der Waals surface area contributed by atoms with Gasteiger partial charge in [0.05, 0.1) is 17.6 Å². The van der Waals surface area contributed by atoms with Gasteiger partial charge in [-0.1, -0.05) is 30.3 Å². The van der Waals surface area contributed by atoms with Crippen LogP contribution in [0, 0.1) is 0 Å². The number of anilines is 1. The fourth-order valence-corrected chi connectivity index (χ4v) is 2.78. The van der Waals surface area contributed by atoms with E-state index in [-0.39, 0.29) is 17.3 Å². The van der Waals surface area contributed by atoms with Crippen molar-refractivity contribution in [1.82, 2.24) is 19.7 Å². The molecule has 0 atom stereocenters. The van der Waals surface area contributed by atoms with Gasteiger partial charge in [-0.05, 0) is 24.3 Å². The van der Waals surface area contributed by atoms with Crippen molar-refractivity contribution < 1.29 is 23.0 Å². The van der Waals surface area contributed by atoms with Gasteiger partial charge in [-0.15, -0.1) is 0 Å². The van der Waals surface area contributed by atoms with Gasteiger partial charge in [-0.2, -0.15) is 13.9 Å². The second-order valence-electron chi connectivity index (χ2n) is 6.02. The van der Waals surface area contributed by atoms with Crippen LogP contribution in [0.3, 0.4) is 0 Å². The zero-order valence-electron chi connectivity index (χ0n) is 15.4. The Morgan fingerprint density at radius 2 is 1.83 bits per heavy atom. The van der Waals surface area contributed by atoms with E-state index in [1.807, 2.05) is 30.3 Å². The molecular weight excluding hydrogens is 396 g/mol. The summed E-state index contributed by atoms with van der Waals surface area (Å²) in [4.78, 5) is 20.5. The molecule has 1 amide bonds. The van der Waals surface area contributed by atoms with Crippen molar-refractivity contribution in [1.29, 1.82) is 0 Å². The van der Waals surface area contributed by atoms with Crippen LogP contribution < -0.4 is 14.8 Å². The van der Waals surface area contributed by atoms with Gasteiger partial charge in [-0.3, -0.25) is 4.79 Å². The first-order chi connectivity index (χ1) is 14.6. The van der Waals surface area contributed by atoms with Crippen molar-refractivity contribution >= 4 is 22.6 Å². The molecule has 10 heteroatoms. The van der Waals surface area contributed by atoms with E-state index >= 15 is 0 Å². The first-order valence-corrected chi connectivity index (χ1v) is 8.82. The summed E-state index contributed by atoms with van der Waals surface area (Å²) in [5, 5.41) is 7.31. The third-order valence-electron chi connectivity index (χ3n) is 4.05. The van der Waals surface area contributed by atoms with Crippen LogP contribution in [-0.2, 0) is 4.79 Å². The number of rotatable bonds is 7. The standard InChI is InChI=1S/C20H15F2N5O3/c21-20(22)30-16-9-5-4-8-15(16)26-17(28)11-29-19-14-10-25-27(18(14)23-12-24-19)13-6-2-1-3-7-13/h1-10,12,20H,11H2,(H,26,28). The molecule has 4 rings (SSSR count). The quantitative estimate of drug-likeness (QED) is 0.501. The molecule has 0 saturated heterocycles. The van der Waals surface area contributed by atoms with Crippen LogP contribution >= 0.6 is 0 Å². The molecule has 0 spiro atoms. The Labute approximate surface area is 169 Å². The average molecular weight is 411 g/mol. The molecule has 2 heterocycles. The maximum Gasteiger partial charge on any atom is 0.387 e. The summed E-state index contributed by atoms with van der Waals surface area (Å²) in [5.74, 6) is -0.536. The number of carbonyl (C=O) groups is 1. The number of fused-ring (bicyclic) bond motifs is 1. The van der Waals surface area contributed by atoms with Crippen LogP contribution in [0.5, 0.6) is 11.6 Å². The van der Waals surface area contributed by atoms with Crippen LogP contribution in [0.2, 0.25) is 0 Å². The number of nitrogens with zero attached hydrogens (tertiary/aromatic N) is 4. The summed E-state index contributed by atoms with van der Waals surface area (Å²) in [6.45, 7) is -3.40. The highest BCUT2D eigenvalue weighted by molar-refractivity contribution is 5.93. The van der Waals surface area contributed by atoms with Gasteiger partial charge in [0.25, 0.3) is 5.91 Å². The summed E-state index contributed by atoms with van der Waals surface area (Å²) >= 11 is 0. The molecule has 0 fully saturated rings. The number of hydrogen-bond acceptors (Lipinski definition) is 6. The van der Waals surface area contributed by atoms with Gasteiger partial charge < -0.3 is 14.8 Å². The summed E-state index contributed by atoms with van der Waals surface area (Å²) < 4.78 is 36.5. The molecule has 30 heavy (non-hydrogen) atoms. The van der Waals surface area contributed by atoms with Crippen LogP contribution in [0.1, 0.15) is 0 Å². The number of alkyl halides is 2. The number of carbonyl (C=O) groups excluding carboxylic acids is 1. The predicted octanol–water partition coefficient (Wildman–Crippen LogP) is 3.43. The fraction of sp³-hybridized carbons (Fsp3) is 0.100. The van der Waals surface area contributed by atoms with E-state index in [9.17, 15) is 13.6 Å². The van der Waals surface area contributed by atoms with Crippen molar-refractivity contribution in [3.63, 3.8) is 0 Å². The highest BCUT2D eigenvalue weighted by atomic mass is 19.3. The van der Waals surface area contributed by atoms with E-state index in [2.05, 4.69) is 25.1 Å². The first-order valence-electron chi connectivity index (χ1n) is 8.82. The van der Waals surface area contributed by atoms with E-state index in [0.717, 1.165) is 5.69 Å². The molecule has 0 bridgehead atoms. The van der Waals surface area contributed by atoms with Crippen molar-refractivity contribution in [3.05, 3.63) is 67.1 Å². The van der Waals surface area contributed by atoms with Crippen LogP contribution in [0.25, 0.3) is 16.7 Å². The minimum absolute atomic E-state index is 0.108. The van der Waals surface area contributed by atoms with Crippen LogP contribution in [-0.4, -0.2) is 38.9 Å². The Kier molecular flexibility index (Phi) is 5.46. The molecule has 4 aromatic rings. The second-order valence-corrected chi connectivity index (χ2v) is 6.02. The monoisotopic (exact) mass is 411 g/mol. The van der Waals surface area contributed by atoms with E-state index in [4.69, 9.17) is 4.74 Å². The first kappa shape index (κ1) is 19.2. The van der Waals surface area contributed by atoms with Crippen LogP contribution in [0.15, 0.2) is 67.1 Å². The maximum absolute atomic E-state index is 12.5. The zero-order valence-corrected chi connectivity index (χ0v) is 15.4. The number of amides is 1. The number of aromatic nitrogens is 4. The fourth-order valence-electron chi connectivity index (χ4n) is 2.78. The number of halogens is 2. The van der Waals surface area contributed by atoms with E-state index < -0.39 is 19.1 Å². The molecule has 0 aliphatic heterocycles. The Balaban J connectivity index is 1.48. The largest absolute Gasteiger partial charge is 0.467 e. The molecule has 2 aromatic heterocycles. The minimum atomic E-state index is -3.00. The highest BCUT2D eigenvalue weighted by Gasteiger charge is 2.15. The predicted molar refractivity (Wildman–Crippen MR) is 104 cm³/mol.